The molecule has 1 nitrogen and oxygen atoms in total. The van der Waals surface area contributed by atoms with E-state index in [0.29, 0.717) is 0 Å². The van der Waals surface area contributed by atoms with Crippen LogP contribution in [-0.2, 0) is 0 Å². The monoisotopic (exact) mass is 435 g/mol. The van der Waals surface area contributed by atoms with E-state index in [1.165, 1.54) is 16.0 Å². The van der Waals surface area contributed by atoms with Crippen LogP contribution in [0.4, 0.5) is 0 Å². The molecule has 1 N–H and O–H groups in total. The highest BCUT2D eigenvalue weighted by Gasteiger charge is 2.18. The van der Waals surface area contributed by atoms with E-state index in [0.717, 1.165) is 26.2 Å². The van der Waals surface area contributed by atoms with E-state index < -0.39 is 0 Å². The number of hydrogen-bond donors (Lipinski definition) is 1. The Morgan fingerprint density at radius 1 is 1.25 bits per heavy atom. The van der Waals surface area contributed by atoms with E-state index in [9.17, 15) is 0 Å². The maximum Gasteiger partial charge on any atom is 0.107 e. The molecule has 20 heavy (non-hydrogen) atoms. The molecular weight excluding hydrogens is 422 g/mol. The number of thiophene rings is 1. The minimum atomic E-state index is 0.190. The van der Waals surface area contributed by atoms with Crippen molar-refractivity contribution in [1.29, 1.82) is 0 Å². The van der Waals surface area contributed by atoms with Gasteiger partial charge in [-0.25, -0.2) is 0 Å². The molecule has 1 atom stereocenters. The van der Waals surface area contributed by atoms with Crippen LogP contribution in [0.15, 0.2) is 33.2 Å². The summed E-state index contributed by atoms with van der Waals surface area (Å²) in [5, 5.41) is 3.60. The maximum absolute atomic E-state index is 6.19. The Kier molecular flexibility index (Phi) is 6.11. The molecule has 108 valence electrons. The van der Waals surface area contributed by atoms with Gasteiger partial charge in [-0.15, -0.1) is 11.3 Å². The molecular formula is C15H16Br2ClNS. The minimum Gasteiger partial charge on any atom is -0.306 e. The molecule has 0 aliphatic carbocycles. The van der Waals surface area contributed by atoms with E-state index in [2.05, 4.69) is 75.3 Å². The van der Waals surface area contributed by atoms with Crippen LogP contribution in [0.3, 0.4) is 0 Å². The number of hydrogen-bond acceptors (Lipinski definition) is 2. The summed E-state index contributed by atoms with van der Waals surface area (Å²) in [7, 11) is 0. The number of nitrogens with one attached hydrogen (secondary N) is 1. The van der Waals surface area contributed by atoms with Crippen LogP contribution in [0, 0.1) is 6.92 Å². The summed E-state index contributed by atoms with van der Waals surface area (Å²) in [5.74, 6) is 0. The first-order valence-electron chi connectivity index (χ1n) is 6.47. The molecule has 0 saturated heterocycles. The van der Waals surface area contributed by atoms with Crippen molar-refractivity contribution in [3.63, 3.8) is 0 Å². The van der Waals surface area contributed by atoms with Crippen molar-refractivity contribution in [2.24, 2.45) is 0 Å². The van der Waals surface area contributed by atoms with E-state index in [1.807, 2.05) is 0 Å². The van der Waals surface area contributed by atoms with Crippen LogP contribution in [0.25, 0.3) is 0 Å². The van der Waals surface area contributed by atoms with Crippen molar-refractivity contribution in [3.05, 3.63) is 53.6 Å². The molecule has 1 unspecified atom stereocenters. The van der Waals surface area contributed by atoms with Crippen molar-refractivity contribution in [3.8, 4) is 0 Å². The Labute approximate surface area is 146 Å². The molecule has 0 aliphatic heterocycles. The average Bonchev–Trinajstić information content (AvgIpc) is 2.74. The number of aryl methyl sites for hydroxylation is 1. The van der Waals surface area contributed by atoms with Gasteiger partial charge in [0.2, 0.25) is 0 Å². The third kappa shape index (κ3) is 3.86. The standard InChI is InChI=1S/C15H16Br2ClNS/c1-3-6-19-14(13-8-12(17)15(18)20-13)10-4-5-11(16)9(2)7-10/h4-5,7-8,14,19H,3,6H2,1-2H3. The zero-order valence-electron chi connectivity index (χ0n) is 11.3. The fourth-order valence-electron chi connectivity index (χ4n) is 2.02. The van der Waals surface area contributed by atoms with Gasteiger partial charge in [-0.1, -0.05) is 46.6 Å². The lowest BCUT2D eigenvalue weighted by atomic mass is 10.0. The normalized spacial score (nSPS) is 12.7. The zero-order valence-corrected chi connectivity index (χ0v) is 16.1. The third-order valence-electron chi connectivity index (χ3n) is 3.06. The fourth-order valence-corrected chi connectivity index (χ4v) is 4.11. The van der Waals surface area contributed by atoms with Gasteiger partial charge in [0.25, 0.3) is 0 Å². The van der Waals surface area contributed by atoms with Gasteiger partial charge in [0.15, 0.2) is 0 Å². The molecule has 2 rings (SSSR count). The number of halogens is 3. The van der Waals surface area contributed by atoms with Crippen LogP contribution in [-0.4, -0.2) is 6.54 Å². The van der Waals surface area contributed by atoms with Gasteiger partial charge in [0.05, 0.1) is 6.04 Å². The summed E-state index contributed by atoms with van der Waals surface area (Å²) in [4.78, 5) is 1.23. The van der Waals surface area contributed by atoms with Crippen LogP contribution in [0.1, 0.15) is 35.4 Å². The highest BCUT2D eigenvalue weighted by atomic mass is 79.9. The van der Waals surface area contributed by atoms with Crippen molar-refractivity contribution in [2.45, 2.75) is 26.3 Å². The second-order valence-electron chi connectivity index (χ2n) is 4.67. The van der Waals surface area contributed by atoms with Crippen molar-refractivity contribution >= 4 is 54.8 Å². The van der Waals surface area contributed by atoms with Crippen molar-refractivity contribution < 1.29 is 0 Å². The summed E-state index contributed by atoms with van der Waals surface area (Å²) in [5.41, 5.74) is 2.51. The average molecular weight is 438 g/mol. The highest BCUT2D eigenvalue weighted by molar-refractivity contribution is 9.10. The molecule has 1 aromatic carbocycles. The Hall–Kier alpha value is 0.130. The van der Waals surface area contributed by atoms with Crippen LogP contribution < -0.4 is 5.32 Å². The SMILES string of the molecule is CCCNC(c1ccc(Br)c(C)c1)c1cc(Br)c(Cl)s1. The summed E-state index contributed by atoms with van der Waals surface area (Å²) in [6, 6.07) is 8.79. The third-order valence-corrected chi connectivity index (χ3v) is 6.49. The summed E-state index contributed by atoms with van der Waals surface area (Å²) in [6.45, 7) is 5.27. The lowest BCUT2D eigenvalue weighted by Crippen LogP contribution is -2.22. The Morgan fingerprint density at radius 2 is 2.00 bits per heavy atom. The summed E-state index contributed by atoms with van der Waals surface area (Å²) < 4.78 is 2.91. The van der Waals surface area contributed by atoms with Crippen LogP contribution >= 0.6 is 54.8 Å². The van der Waals surface area contributed by atoms with E-state index in [-0.39, 0.29) is 6.04 Å². The van der Waals surface area contributed by atoms with Gasteiger partial charge in [-0.2, -0.15) is 0 Å². The Balaban J connectivity index is 2.38. The summed E-state index contributed by atoms with van der Waals surface area (Å²) in [6.07, 6.45) is 1.10. The Bertz CT molecular complexity index is 578. The first kappa shape index (κ1) is 16.5. The van der Waals surface area contributed by atoms with Crippen molar-refractivity contribution in [2.75, 3.05) is 6.54 Å². The predicted octanol–water partition coefficient (Wildman–Crippen LogP) is 6.32. The molecule has 5 heteroatoms. The van der Waals surface area contributed by atoms with E-state index in [4.69, 9.17) is 11.6 Å². The highest BCUT2D eigenvalue weighted by Crippen LogP contribution is 2.37. The van der Waals surface area contributed by atoms with Crippen LogP contribution in [0.2, 0.25) is 4.34 Å². The zero-order chi connectivity index (χ0) is 14.7. The van der Waals surface area contributed by atoms with Gasteiger partial charge in [0.1, 0.15) is 4.34 Å². The molecule has 0 saturated carbocycles. The first-order chi connectivity index (χ1) is 9.52. The molecule has 0 fully saturated rings. The predicted molar refractivity (Wildman–Crippen MR) is 96.0 cm³/mol. The van der Waals surface area contributed by atoms with Gasteiger partial charge >= 0.3 is 0 Å². The molecule has 1 heterocycles. The second-order valence-corrected chi connectivity index (χ2v) is 8.06. The van der Waals surface area contributed by atoms with Gasteiger partial charge < -0.3 is 5.32 Å². The minimum absolute atomic E-state index is 0.190. The van der Waals surface area contributed by atoms with E-state index >= 15 is 0 Å². The lowest BCUT2D eigenvalue weighted by molar-refractivity contribution is 0.605. The van der Waals surface area contributed by atoms with Gasteiger partial charge in [-0.05, 0) is 59.1 Å². The molecule has 0 amide bonds. The summed E-state index contributed by atoms with van der Waals surface area (Å²) >= 11 is 14.9. The molecule has 0 radical (unpaired) electrons. The van der Waals surface area contributed by atoms with Gasteiger partial charge in [-0.3, -0.25) is 0 Å². The molecule has 0 aliphatic rings. The maximum atomic E-state index is 6.19. The first-order valence-corrected chi connectivity index (χ1v) is 9.25. The topological polar surface area (TPSA) is 12.0 Å². The van der Waals surface area contributed by atoms with Crippen molar-refractivity contribution in [1.82, 2.24) is 5.32 Å². The molecule has 0 bridgehead atoms. The molecule has 0 spiro atoms. The van der Waals surface area contributed by atoms with E-state index in [1.54, 1.807) is 11.3 Å². The fraction of sp³-hybridized carbons (Fsp3) is 0.333. The molecule has 1 aromatic heterocycles. The Morgan fingerprint density at radius 3 is 2.55 bits per heavy atom. The van der Waals surface area contributed by atoms with Crippen LogP contribution in [0.5, 0.6) is 0 Å². The number of rotatable bonds is 5. The largest absolute Gasteiger partial charge is 0.306 e. The smallest absolute Gasteiger partial charge is 0.107 e. The molecule has 2 aromatic rings. The quantitative estimate of drug-likeness (QED) is 0.577. The lowest BCUT2D eigenvalue weighted by Gasteiger charge is -2.18. The second kappa shape index (κ2) is 7.41. The van der Waals surface area contributed by atoms with Gasteiger partial charge in [0, 0.05) is 13.8 Å². The number of benzene rings is 1.